The minimum absolute atomic E-state index is 0.194. The lowest BCUT2D eigenvalue weighted by Crippen LogP contribution is -2.30. The van der Waals surface area contributed by atoms with E-state index in [-0.39, 0.29) is 10.8 Å². The molecule has 4 rings (SSSR count). The molecule has 0 radical (unpaired) electrons. The van der Waals surface area contributed by atoms with Crippen molar-refractivity contribution < 1.29 is 13.2 Å². The Morgan fingerprint density at radius 3 is 2.74 bits per heavy atom. The summed E-state index contributed by atoms with van der Waals surface area (Å²) in [6.07, 6.45) is 5.56. The van der Waals surface area contributed by atoms with Gasteiger partial charge in [0.25, 0.3) is 5.91 Å². The third kappa shape index (κ3) is 3.86. The summed E-state index contributed by atoms with van der Waals surface area (Å²) in [5.74, 6) is -0.194. The van der Waals surface area contributed by atoms with Crippen molar-refractivity contribution in [1.82, 2.24) is 13.7 Å². The van der Waals surface area contributed by atoms with E-state index in [1.807, 2.05) is 42.6 Å². The Labute approximate surface area is 186 Å². The Bertz CT molecular complexity index is 1280. The Balaban J connectivity index is 1.59. The maximum Gasteiger partial charge on any atom is 0.251 e. The quantitative estimate of drug-likeness (QED) is 0.529. The van der Waals surface area contributed by atoms with Crippen LogP contribution in [0.2, 0.25) is 5.15 Å². The maximum absolute atomic E-state index is 12.9. The maximum atomic E-state index is 12.9. The number of carbonyl (C=O) groups excluding carboxylic acids is 1. The van der Waals surface area contributed by atoms with E-state index in [1.165, 1.54) is 10.4 Å². The van der Waals surface area contributed by atoms with Crippen molar-refractivity contribution in [2.75, 3.05) is 24.5 Å². The molecule has 0 bridgehead atoms. The monoisotopic (exact) mass is 458 g/mol. The zero-order chi connectivity index (χ0) is 22.2. The summed E-state index contributed by atoms with van der Waals surface area (Å²) in [6, 6.07) is 10.5. The van der Waals surface area contributed by atoms with Gasteiger partial charge in [0.2, 0.25) is 10.0 Å². The van der Waals surface area contributed by atoms with E-state index < -0.39 is 10.0 Å². The first-order valence-electron chi connectivity index (χ1n) is 10.1. The average molecular weight is 459 g/mol. The number of halogens is 1. The van der Waals surface area contributed by atoms with Gasteiger partial charge in [0.1, 0.15) is 5.65 Å². The molecule has 0 atom stereocenters. The number of carbonyl (C=O) groups is 1. The molecule has 0 saturated heterocycles. The highest BCUT2D eigenvalue weighted by atomic mass is 35.5. The van der Waals surface area contributed by atoms with Gasteiger partial charge in [0, 0.05) is 37.6 Å². The zero-order valence-electron chi connectivity index (χ0n) is 17.3. The summed E-state index contributed by atoms with van der Waals surface area (Å²) in [6.45, 7) is 4.96. The van der Waals surface area contributed by atoms with Gasteiger partial charge >= 0.3 is 0 Å². The minimum atomic E-state index is -3.53. The Kier molecular flexibility index (Phi) is 5.88. The molecule has 0 N–H and O–H groups in total. The highest BCUT2D eigenvalue weighted by Gasteiger charge is 2.27. The van der Waals surface area contributed by atoms with Gasteiger partial charge in [0.15, 0.2) is 5.15 Å². The van der Waals surface area contributed by atoms with Crippen LogP contribution in [0.1, 0.15) is 25.1 Å². The van der Waals surface area contributed by atoms with Gasteiger partial charge in [-0.05, 0) is 48.4 Å². The predicted molar refractivity (Wildman–Crippen MR) is 122 cm³/mol. The number of sulfonamides is 1. The van der Waals surface area contributed by atoms with Crippen LogP contribution >= 0.6 is 11.6 Å². The van der Waals surface area contributed by atoms with Gasteiger partial charge in [-0.1, -0.05) is 31.5 Å². The predicted octanol–water partition coefficient (Wildman–Crippen LogP) is 3.62. The van der Waals surface area contributed by atoms with Crippen molar-refractivity contribution in [1.29, 1.82) is 0 Å². The summed E-state index contributed by atoms with van der Waals surface area (Å²) in [7, 11) is -3.53. The summed E-state index contributed by atoms with van der Waals surface area (Å²) in [5.41, 5.74) is 2.92. The number of imidazole rings is 1. The molecule has 0 fully saturated rings. The zero-order valence-corrected chi connectivity index (χ0v) is 18.9. The van der Waals surface area contributed by atoms with E-state index in [2.05, 4.69) is 4.98 Å². The van der Waals surface area contributed by atoms with Crippen molar-refractivity contribution in [2.45, 2.75) is 25.2 Å². The minimum Gasteiger partial charge on any atom is -0.308 e. The number of amides is 1. The third-order valence-electron chi connectivity index (χ3n) is 5.46. The summed E-state index contributed by atoms with van der Waals surface area (Å²) >= 11 is 6.23. The second-order valence-corrected chi connectivity index (χ2v) is 9.47. The Morgan fingerprint density at radius 1 is 1.23 bits per heavy atom. The van der Waals surface area contributed by atoms with E-state index in [4.69, 9.17) is 11.6 Å². The van der Waals surface area contributed by atoms with Crippen molar-refractivity contribution in [3.63, 3.8) is 0 Å². The summed E-state index contributed by atoms with van der Waals surface area (Å²) < 4.78 is 28.8. The molecule has 9 heteroatoms. The molecule has 7 nitrogen and oxygen atoms in total. The highest BCUT2D eigenvalue weighted by molar-refractivity contribution is 7.89. The number of aromatic nitrogens is 2. The van der Waals surface area contributed by atoms with Gasteiger partial charge in [-0.25, -0.2) is 13.4 Å². The van der Waals surface area contributed by atoms with Crippen LogP contribution in [0.15, 0.2) is 53.6 Å². The lowest BCUT2D eigenvalue weighted by molar-refractivity contribution is -0.114. The van der Waals surface area contributed by atoms with E-state index in [0.29, 0.717) is 42.5 Å². The van der Waals surface area contributed by atoms with Crippen LogP contribution in [0.5, 0.6) is 0 Å². The van der Waals surface area contributed by atoms with Crippen molar-refractivity contribution in [2.24, 2.45) is 0 Å². The number of rotatable bonds is 6. The van der Waals surface area contributed by atoms with Gasteiger partial charge in [-0.2, -0.15) is 4.31 Å². The van der Waals surface area contributed by atoms with E-state index in [0.717, 1.165) is 11.3 Å². The molecule has 3 aromatic rings. The van der Waals surface area contributed by atoms with Gasteiger partial charge in [-0.3, -0.25) is 9.20 Å². The summed E-state index contributed by atoms with van der Waals surface area (Å²) in [5, 5.41) is 0.323. The molecule has 31 heavy (non-hydrogen) atoms. The van der Waals surface area contributed by atoms with E-state index >= 15 is 0 Å². The van der Waals surface area contributed by atoms with Crippen molar-refractivity contribution in [3.8, 4) is 0 Å². The first kappa shape index (κ1) is 21.5. The molecule has 1 amide bonds. The van der Waals surface area contributed by atoms with Gasteiger partial charge in [0.05, 0.1) is 10.6 Å². The Hall–Kier alpha value is -2.68. The van der Waals surface area contributed by atoms with Gasteiger partial charge < -0.3 is 4.90 Å². The topological polar surface area (TPSA) is 75.0 Å². The van der Waals surface area contributed by atoms with Crippen molar-refractivity contribution >= 4 is 44.9 Å². The second kappa shape index (κ2) is 8.45. The molecule has 0 saturated carbocycles. The molecule has 1 aliphatic heterocycles. The molecule has 1 aliphatic rings. The van der Waals surface area contributed by atoms with E-state index in [9.17, 15) is 13.2 Å². The van der Waals surface area contributed by atoms with Crippen LogP contribution in [-0.4, -0.2) is 47.6 Å². The summed E-state index contributed by atoms with van der Waals surface area (Å²) in [4.78, 5) is 19.1. The number of anilines is 1. The molecule has 3 heterocycles. The van der Waals surface area contributed by atoms with Crippen LogP contribution in [-0.2, 0) is 21.2 Å². The molecule has 2 aromatic heterocycles. The highest BCUT2D eigenvalue weighted by Crippen LogP contribution is 2.31. The average Bonchev–Trinajstić information content (AvgIpc) is 3.32. The van der Waals surface area contributed by atoms with Crippen molar-refractivity contribution in [3.05, 3.63) is 65.1 Å². The molecule has 0 spiro atoms. The van der Waals surface area contributed by atoms with Gasteiger partial charge in [-0.15, -0.1) is 0 Å². The Morgan fingerprint density at radius 2 is 2.00 bits per heavy atom. The number of hydrogen-bond acceptors (Lipinski definition) is 4. The number of hydrogen-bond donors (Lipinski definition) is 0. The smallest absolute Gasteiger partial charge is 0.251 e. The normalized spacial score (nSPS) is 14.1. The standard InChI is InChI=1S/C22H23ClN4O3S/c1-3-25(4-2)31(29,30)17-8-9-18-16(15-17)12-14-27(18)21(28)11-10-19-22(23)24-20-7-5-6-13-26(19)20/h5-11,13,15H,3-4,12,14H2,1-2H3/b11-10+. The fraction of sp³-hybridized carbons (Fsp3) is 0.273. The lowest BCUT2D eigenvalue weighted by Gasteiger charge is -2.19. The largest absolute Gasteiger partial charge is 0.308 e. The molecular formula is C22H23ClN4O3S. The van der Waals surface area contributed by atoms with E-state index in [1.54, 1.807) is 29.2 Å². The van der Waals surface area contributed by atoms with Crippen LogP contribution in [0, 0.1) is 0 Å². The van der Waals surface area contributed by atoms with Crippen LogP contribution in [0.4, 0.5) is 5.69 Å². The van der Waals surface area contributed by atoms with Crippen LogP contribution in [0.25, 0.3) is 11.7 Å². The number of benzene rings is 1. The molecule has 162 valence electrons. The van der Waals surface area contributed by atoms with Crippen LogP contribution in [0.3, 0.4) is 0 Å². The number of pyridine rings is 1. The second-order valence-electron chi connectivity index (χ2n) is 7.17. The first-order valence-corrected chi connectivity index (χ1v) is 11.9. The lowest BCUT2D eigenvalue weighted by atomic mass is 10.2. The molecular weight excluding hydrogens is 436 g/mol. The molecule has 1 aromatic carbocycles. The number of nitrogens with zero attached hydrogens (tertiary/aromatic N) is 4. The SMILES string of the molecule is CCN(CC)S(=O)(=O)c1ccc2c(c1)CCN2C(=O)/C=C/c1c(Cl)nc2ccccn12. The number of fused-ring (bicyclic) bond motifs is 2. The third-order valence-corrected chi connectivity index (χ3v) is 7.79. The van der Waals surface area contributed by atoms with Crippen LogP contribution < -0.4 is 4.90 Å². The molecule has 0 unspecified atom stereocenters. The fourth-order valence-electron chi connectivity index (χ4n) is 3.86. The first-order chi connectivity index (χ1) is 14.9. The fourth-order valence-corrected chi connectivity index (χ4v) is 5.61. The molecule has 0 aliphatic carbocycles.